The van der Waals surface area contributed by atoms with Gasteiger partial charge >= 0.3 is 0 Å². The van der Waals surface area contributed by atoms with Gasteiger partial charge in [-0.25, -0.2) is 4.98 Å². The Hall–Kier alpha value is -2.41. The molecule has 1 aromatic rings. The molecule has 0 unspecified atom stereocenters. The van der Waals surface area contributed by atoms with Gasteiger partial charge < -0.3 is 19.6 Å². The lowest BCUT2D eigenvalue weighted by Gasteiger charge is -2.37. The van der Waals surface area contributed by atoms with Gasteiger partial charge in [-0.1, -0.05) is 13.0 Å². The standard InChI is InChI=1S/C24H33N3O4/c1-15-12-27(16(2)14-28)24(30)20-10-19(17-6-4-5-7-17)11-25-22(20)31-21(15)13-26(3)23(29)18-8-9-18/h6,10-11,15-16,18,21,28H,4-5,7-9,12-14H2,1-3H3/t15-,16-,21+/m1/s1. The average molecular weight is 428 g/mol. The zero-order valence-corrected chi connectivity index (χ0v) is 18.7. The number of carbonyl (C=O) groups excluding carboxylic acids is 2. The second-order valence-corrected chi connectivity index (χ2v) is 9.31. The van der Waals surface area contributed by atoms with Crippen LogP contribution in [0.4, 0.5) is 0 Å². The fraction of sp³-hybridized carbons (Fsp3) is 0.625. The third-order valence-electron chi connectivity index (χ3n) is 6.69. The summed E-state index contributed by atoms with van der Waals surface area (Å²) in [5.74, 6) is 0.420. The van der Waals surface area contributed by atoms with Crippen molar-refractivity contribution >= 4 is 17.4 Å². The molecule has 7 nitrogen and oxygen atoms in total. The molecule has 1 fully saturated rings. The van der Waals surface area contributed by atoms with Crippen molar-refractivity contribution in [2.45, 2.75) is 58.1 Å². The second-order valence-electron chi connectivity index (χ2n) is 9.31. The van der Waals surface area contributed by atoms with Crippen LogP contribution in [0.5, 0.6) is 5.88 Å². The molecule has 2 aliphatic carbocycles. The molecule has 0 saturated heterocycles. The Labute approximate surface area is 184 Å². The van der Waals surface area contributed by atoms with Gasteiger partial charge in [0.2, 0.25) is 11.8 Å². The van der Waals surface area contributed by atoms with Gasteiger partial charge in [-0.2, -0.15) is 0 Å². The first-order valence-electron chi connectivity index (χ1n) is 11.4. The summed E-state index contributed by atoms with van der Waals surface area (Å²) in [5, 5.41) is 9.78. The van der Waals surface area contributed by atoms with Crippen LogP contribution in [0.15, 0.2) is 18.3 Å². The molecule has 7 heteroatoms. The highest BCUT2D eigenvalue weighted by atomic mass is 16.5. The van der Waals surface area contributed by atoms with E-state index in [0.29, 0.717) is 24.5 Å². The van der Waals surface area contributed by atoms with E-state index >= 15 is 0 Å². The summed E-state index contributed by atoms with van der Waals surface area (Å²) in [6.07, 6.45) is 8.77. The van der Waals surface area contributed by atoms with Gasteiger partial charge in [-0.15, -0.1) is 0 Å². The van der Waals surface area contributed by atoms with Crippen molar-refractivity contribution in [3.8, 4) is 5.88 Å². The molecule has 1 N–H and O–H groups in total. The molecule has 1 saturated carbocycles. The lowest BCUT2D eigenvalue weighted by Crippen LogP contribution is -2.50. The van der Waals surface area contributed by atoms with Crippen LogP contribution in [0.3, 0.4) is 0 Å². The minimum atomic E-state index is -0.318. The third-order valence-corrected chi connectivity index (χ3v) is 6.69. The smallest absolute Gasteiger partial charge is 0.259 e. The topological polar surface area (TPSA) is 83.0 Å². The molecule has 0 bridgehead atoms. The number of rotatable bonds is 6. The quantitative estimate of drug-likeness (QED) is 0.755. The van der Waals surface area contributed by atoms with Crippen LogP contribution < -0.4 is 4.74 Å². The molecular formula is C24H33N3O4. The number of fused-ring (bicyclic) bond motifs is 1. The summed E-state index contributed by atoms with van der Waals surface area (Å²) in [5.41, 5.74) is 2.60. The third kappa shape index (κ3) is 4.61. The normalized spacial score (nSPS) is 24.6. The Morgan fingerprint density at radius 2 is 2.19 bits per heavy atom. The van der Waals surface area contributed by atoms with Crippen molar-refractivity contribution < 1.29 is 19.4 Å². The highest BCUT2D eigenvalue weighted by Crippen LogP contribution is 2.33. The summed E-state index contributed by atoms with van der Waals surface area (Å²) in [6, 6.07) is 1.56. The van der Waals surface area contributed by atoms with E-state index in [1.165, 1.54) is 5.57 Å². The van der Waals surface area contributed by atoms with Gasteiger partial charge in [0.1, 0.15) is 11.7 Å². The average Bonchev–Trinajstić information content (AvgIpc) is 3.48. The summed E-state index contributed by atoms with van der Waals surface area (Å²) in [7, 11) is 1.82. The first-order chi connectivity index (χ1) is 14.9. The molecule has 0 spiro atoms. The van der Waals surface area contributed by atoms with Crippen LogP contribution in [0.25, 0.3) is 5.57 Å². The van der Waals surface area contributed by atoms with Crippen molar-refractivity contribution in [1.82, 2.24) is 14.8 Å². The molecule has 31 heavy (non-hydrogen) atoms. The van der Waals surface area contributed by atoms with Crippen LogP contribution in [-0.2, 0) is 4.79 Å². The predicted molar refractivity (Wildman–Crippen MR) is 118 cm³/mol. The molecule has 4 rings (SSSR count). The number of ether oxygens (including phenoxy) is 1. The van der Waals surface area contributed by atoms with Crippen LogP contribution in [0.2, 0.25) is 0 Å². The minimum Gasteiger partial charge on any atom is -0.472 e. The van der Waals surface area contributed by atoms with Crippen LogP contribution in [0, 0.1) is 11.8 Å². The Morgan fingerprint density at radius 3 is 2.84 bits per heavy atom. The van der Waals surface area contributed by atoms with Gasteiger partial charge in [0, 0.05) is 31.6 Å². The lowest BCUT2D eigenvalue weighted by atomic mass is 9.99. The SMILES string of the molecule is C[C@@H]1CN([C@H](C)CO)C(=O)c2cc(C3=CCCC3)cnc2O[C@H]1CN(C)C(=O)C1CC1. The molecule has 1 aliphatic heterocycles. The number of hydrogen-bond acceptors (Lipinski definition) is 5. The highest BCUT2D eigenvalue weighted by molar-refractivity contribution is 5.97. The number of aliphatic hydroxyl groups excluding tert-OH is 1. The van der Waals surface area contributed by atoms with E-state index in [1.54, 1.807) is 16.0 Å². The Bertz CT molecular complexity index is 880. The van der Waals surface area contributed by atoms with Crippen LogP contribution >= 0.6 is 0 Å². The predicted octanol–water partition coefficient (Wildman–Crippen LogP) is 2.74. The summed E-state index contributed by atoms with van der Waals surface area (Å²) < 4.78 is 6.29. The van der Waals surface area contributed by atoms with Crippen molar-refractivity contribution in [3.63, 3.8) is 0 Å². The fourth-order valence-electron chi connectivity index (χ4n) is 4.43. The van der Waals surface area contributed by atoms with Crippen molar-refractivity contribution in [3.05, 3.63) is 29.5 Å². The van der Waals surface area contributed by atoms with E-state index in [9.17, 15) is 14.7 Å². The first kappa shape index (κ1) is 21.8. The number of aromatic nitrogens is 1. The number of hydrogen-bond donors (Lipinski definition) is 1. The van der Waals surface area contributed by atoms with E-state index in [2.05, 4.69) is 11.1 Å². The molecular weight excluding hydrogens is 394 g/mol. The van der Waals surface area contributed by atoms with E-state index in [0.717, 1.165) is 37.7 Å². The molecule has 3 atom stereocenters. The van der Waals surface area contributed by atoms with Gasteiger partial charge in [-0.3, -0.25) is 9.59 Å². The lowest BCUT2D eigenvalue weighted by molar-refractivity contribution is -0.132. The maximum atomic E-state index is 13.4. The molecule has 0 radical (unpaired) electrons. The number of likely N-dealkylation sites (N-methyl/N-ethyl adjacent to an activating group) is 1. The number of amides is 2. The highest BCUT2D eigenvalue weighted by Gasteiger charge is 2.37. The van der Waals surface area contributed by atoms with Crippen molar-refractivity contribution in [2.75, 3.05) is 26.7 Å². The molecule has 2 amide bonds. The van der Waals surface area contributed by atoms with Crippen molar-refractivity contribution in [1.29, 1.82) is 0 Å². The van der Waals surface area contributed by atoms with Crippen molar-refractivity contribution in [2.24, 2.45) is 11.8 Å². The van der Waals surface area contributed by atoms with Gasteiger partial charge in [0.15, 0.2) is 0 Å². The number of allylic oxidation sites excluding steroid dienone is 2. The molecule has 168 valence electrons. The first-order valence-corrected chi connectivity index (χ1v) is 11.4. The number of carbonyl (C=O) groups is 2. The van der Waals surface area contributed by atoms with E-state index in [-0.39, 0.29) is 42.4 Å². The maximum absolute atomic E-state index is 13.4. The van der Waals surface area contributed by atoms with E-state index in [4.69, 9.17) is 4.74 Å². The zero-order chi connectivity index (χ0) is 22.1. The second kappa shape index (κ2) is 8.99. The van der Waals surface area contributed by atoms with Gasteiger partial charge in [-0.05, 0) is 56.2 Å². The summed E-state index contributed by atoms with van der Waals surface area (Å²) in [6.45, 7) is 4.65. The Kier molecular flexibility index (Phi) is 6.32. The fourth-order valence-corrected chi connectivity index (χ4v) is 4.43. The number of pyridine rings is 1. The monoisotopic (exact) mass is 427 g/mol. The summed E-state index contributed by atoms with van der Waals surface area (Å²) >= 11 is 0. The molecule has 2 heterocycles. The maximum Gasteiger partial charge on any atom is 0.259 e. The number of aliphatic hydroxyl groups is 1. The largest absolute Gasteiger partial charge is 0.472 e. The van der Waals surface area contributed by atoms with Gasteiger partial charge in [0.05, 0.1) is 19.2 Å². The number of nitrogens with zero attached hydrogens (tertiary/aromatic N) is 3. The molecule has 0 aromatic carbocycles. The van der Waals surface area contributed by atoms with Gasteiger partial charge in [0.25, 0.3) is 5.91 Å². The Morgan fingerprint density at radius 1 is 1.42 bits per heavy atom. The van der Waals surface area contributed by atoms with E-state index in [1.807, 2.05) is 27.0 Å². The molecule has 1 aromatic heterocycles. The minimum absolute atomic E-state index is 0.0282. The van der Waals surface area contributed by atoms with Crippen LogP contribution in [0.1, 0.15) is 61.9 Å². The van der Waals surface area contributed by atoms with E-state index < -0.39 is 0 Å². The Balaban J connectivity index is 1.66. The summed E-state index contributed by atoms with van der Waals surface area (Å²) in [4.78, 5) is 34.0. The van der Waals surface area contributed by atoms with Crippen LogP contribution in [-0.4, -0.2) is 70.6 Å². The molecule has 3 aliphatic rings. The zero-order valence-electron chi connectivity index (χ0n) is 18.7.